The first-order valence-electron chi connectivity index (χ1n) is 6.82. The quantitative estimate of drug-likeness (QED) is 0.841. The van der Waals surface area contributed by atoms with Crippen molar-refractivity contribution in [3.05, 3.63) is 28.8 Å². The van der Waals surface area contributed by atoms with Crippen LogP contribution in [0.4, 0.5) is 0 Å². The van der Waals surface area contributed by atoms with Gasteiger partial charge in [0.05, 0.1) is 12.1 Å². The van der Waals surface area contributed by atoms with Crippen LogP contribution in [0.1, 0.15) is 52.1 Å². The van der Waals surface area contributed by atoms with Crippen molar-refractivity contribution in [3.8, 4) is 5.75 Å². The molecule has 0 amide bonds. The molecule has 2 unspecified atom stereocenters. The lowest BCUT2D eigenvalue weighted by atomic mass is 9.82. The summed E-state index contributed by atoms with van der Waals surface area (Å²) in [4.78, 5) is 0. The Morgan fingerprint density at radius 2 is 1.95 bits per heavy atom. The number of rotatable bonds is 5. The van der Waals surface area contributed by atoms with Gasteiger partial charge < -0.3 is 10.5 Å². The predicted octanol–water partition coefficient (Wildman–Crippen LogP) is 4.81. The number of hydrogen-bond donors (Lipinski definition) is 1. The average Bonchev–Trinajstić information content (AvgIpc) is 2.26. The Labute approximate surface area is 122 Å². The molecule has 0 aromatic heterocycles. The molecule has 3 heteroatoms. The molecule has 0 radical (unpaired) electrons. The summed E-state index contributed by atoms with van der Waals surface area (Å²) in [6, 6.07) is 5.82. The second-order valence-corrected chi connectivity index (χ2v) is 7.01. The molecule has 0 bridgehead atoms. The van der Waals surface area contributed by atoms with E-state index in [1.807, 2.05) is 18.2 Å². The van der Waals surface area contributed by atoms with Crippen LogP contribution in [0, 0.1) is 11.3 Å². The van der Waals surface area contributed by atoms with Gasteiger partial charge in [-0.1, -0.05) is 45.4 Å². The van der Waals surface area contributed by atoms with Crippen LogP contribution in [-0.4, -0.2) is 7.11 Å². The highest BCUT2D eigenvalue weighted by molar-refractivity contribution is 6.32. The van der Waals surface area contributed by atoms with Crippen molar-refractivity contribution in [1.82, 2.24) is 0 Å². The van der Waals surface area contributed by atoms with Crippen LogP contribution in [0.15, 0.2) is 18.2 Å². The molecule has 2 nitrogen and oxygen atoms in total. The van der Waals surface area contributed by atoms with E-state index >= 15 is 0 Å². The maximum atomic E-state index is 6.28. The average molecular weight is 284 g/mol. The number of benzene rings is 1. The summed E-state index contributed by atoms with van der Waals surface area (Å²) < 4.78 is 5.15. The monoisotopic (exact) mass is 283 g/mol. The Kier molecular flexibility index (Phi) is 5.69. The fraction of sp³-hybridized carbons (Fsp3) is 0.625. The summed E-state index contributed by atoms with van der Waals surface area (Å²) in [6.45, 7) is 9.05. The van der Waals surface area contributed by atoms with Gasteiger partial charge in [0.15, 0.2) is 0 Å². The number of ether oxygens (including phenoxy) is 1. The molecule has 0 aliphatic rings. The Bertz CT molecular complexity index is 412. The van der Waals surface area contributed by atoms with Crippen molar-refractivity contribution in [3.63, 3.8) is 0 Å². The van der Waals surface area contributed by atoms with E-state index in [-0.39, 0.29) is 6.04 Å². The number of methoxy groups -OCH3 is 1. The van der Waals surface area contributed by atoms with Crippen LogP contribution >= 0.6 is 11.6 Å². The standard InChI is InChI=1S/C16H26ClNO/c1-11(10-16(2,3)4)8-14(18)12-6-7-15(19-5)13(17)9-12/h6-7,9,11,14H,8,10,18H2,1-5H3. The minimum absolute atomic E-state index is 0.0285. The number of halogens is 1. The SMILES string of the molecule is COc1ccc(C(N)CC(C)CC(C)(C)C)cc1Cl. The highest BCUT2D eigenvalue weighted by atomic mass is 35.5. The summed E-state index contributed by atoms with van der Waals surface area (Å²) in [5.74, 6) is 1.29. The first-order chi connectivity index (χ1) is 8.73. The molecule has 0 saturated heterocycles. The Balaban J connectivity index is 2.68. The van der Waals surface area contributed by atoms with Gasteiger partial charge in [-0.3, -0.25) is 0 Å². The van der Waals surface area contributed by atoms with Crippen molar-refractivity contribution in [2.24, 2.45) is 17.1 Å². The van der Waals surface area contributed by atoms with E-state index in [2.05, 4.69) is 27.7 Å². The van der Waals surface area contributed by atoms with Crippen molar-refractivity contribution in [1.29, 1.82) is 0 Å². The van der Waals surface area contributed by atoms with E-state index < -0.39 is 0 Å². The molecular weight excluding hydrogens is 258 g/mol. The Morgan fingerprint density at radius 1 is 1.32 bits per heavy atom. The first-order valence-corrected chi connectivity index (χ1v) is 7.20. The van der Waals surface area contributed by atoms with Crippen LogP contribution in [0.2, 0.25) is 5.02 Å². The Hall–Kier alpha value is -0.730. The van der Waals surface area contributed by atoms with Gasteiger partial charge >= 0.3 is 0 Å². The summed E-state index contributed by atoms with van der Waals surface area (Å²) in [7, 11) is 1.62. The summed E-state index contributed by atoms with van der Waals surface area (Å²) in [5.41, 5.74) is 7.70. The lowest BCUT2D eigenvalue weighted by Crippen LogP contribution is -2.18. The number of nitrogens with two attached hydrogens (primary N) is 1. The fourth-order valence-electron chi connectivity index (χ4n) is 2.61. The molecule has 0 saturated carbocycles. The molecule has 0 aliphatic heterocycles. The minimum Gasteiger partial charge on any atom is -0.495 e. The zero-order chi connectivity index (χ0) is 14.6. The highest BCUT2D eigenvalue weighted by Crippen LogP contribution is 2.32. The third-order valence-corrected chi connectivity index (χ3v) is 3.52. The second kappa shape index (κ2) is 6.62. The largest absolute Gasteiger partial charge is 0.495 e. The van der Waals surface area contributed by atoms with Crippen LogP contribution in [0.25, 0.3) is 0 Å². The topological polar surface area (TPSA) is 35.2 Å². The maximum absolute atomic E-state index is 6.28. The first kappa shape index (κ1) is 16.3. The van der Waals surface area contributed by atoms with E-state index in [1.165, 1.54) is 6.42 Å². The zero-order valence-electron chi connectivity index (χ0n) is 12.7. The van der Waals surface area contributed by atoms with Gasteiger partial charge in [-0.05, 0) is 41.9 Å². The van der Waals surface area contributed by atoms with E-state index in [0.29, 0.717) is 22.1 Å². The van der Waals surface area contributed by atoms with Crippen LogP contribution < -0.4 is 10.5 Å². The van der Waals surface area contributed by atoms with E-state index in [4.69, 9.17) is 22.1 Å². The summed E-state index contributed by atoms with van der Waals surface area (Å²) in [5, 5.41) is 0.624. The summed E-state index contributed by atoms with van der Waals surface area (Å²) >= 11 is 6.14. The van der Waals surface area contributed by atoms with Crippen molar-refractivity contribution in [2.45, 2.75) is 46.6 Å². The molecule has 1 rings (SSSR count). The molecule has 1 aromatic carbocycles. The molecule has 0 fully saturated rings. The van der Waals surface area contributed by atoms with Crippen molar-refractivity contribution < 1.29 is 4.74 Å². The lowest BCUT2D eigenvalue weighted by Gasteiger charge is -2.25. The highest BCUT2D eigenvalue weighted by Gasteiger charge is 2.18. The van der Waals surface area contributed by atoms with Gasteiger partial charge in [0.2, 0.25) is 0 Å². The van der Waals surface area contributed by atoms with Crippen molar-refractivity contribution >= 4 is 11.6 Å². The van der Waals surface area contributed by atoms with E-state index in [0.717, 1.165) is 12.0 Å². The fourth-order valence-corrected chi connectivity index (χ4v) is 2.88. The van der Waals surface area contributed by atoms with Gasteiger partial charge in [-0.2, -0.15) is 0 Å². The molecule has 2 N–H and O–H groups in total. The molecule has 2 atom stereocenters. The molecule has 108 valence electrons. The second-order valence-electron chi connectivity index (χ2n) is 6.61. The molecule has 0 aliphatic carbocycles. The molecule has 1 aromatic rings. The predicted molar refractivity (Wildman–Crippen MR) is 82.8 cm³/mol. The van der Waals surface area contributed by atoms with E-state index in [9.17, 15) is 0 Å². The maximum Gasteiger partial charge on any atom is 0.137 e. The summed E-state index contributed by atoms with van der Waals surface area (Å²) in [6.07, 6.45) is 2.14. The van der Waals surface area contributed by atoms with Gasteiger partial charge in [-0.15, -0.1) is 0 Å². The third-order valence-electron chi connectivity index (χ3n) is 3.22. The molecule has 19 heavy (non-hydrogen) atoms. The van der Waals surface area contributed by atoms with Gasteiger partial charge in [0.1, 0.15) is 5.75 Å². The van der Waals surface area contributed by atoms with Gasteiger partial charge in [0.25, 0.3) is 0 Å². The van der Waals surface area contributed by atoms with Crippen LogP contribution in [-0.2, 0) is 0 Å². The minimum atomic E-state index is 0.0285. The lowest BCUT2D eigenvalue weighted by molar-refractivity contribution is 0.286. The van der Waals surface area contributed by atoms with E-state index in [1.54, 1.807) is 7.11 Å². The molecule has 0 spiro atoms. The normalized spacial score (nSPS) is 15.1. The number of hydrogen-bond acceptors (Lipinski definition) is 2. The Morgan fingerprint density at radius 3 is 2.42 bits per heavy atom. The molecular formula is C16H26ClNO. The van der Waals surface area contributed by atoms with Crippen LogP contribution in [0.3, 0.4) is 0 Å². The van der Waals surface area contributed by atoms with Gasteiger partial charge in [-0.25, -0.2) is 0 Å². The van der Waals surface area contributed by atoms with Crippen LogP contribution in [0.5, 0.6) is 5.75 Å². The molecule has 0 heterocycles. The van der Waals surface area contributed by atoms with Crippen molar-refractivity contribution in [2.75, 3.05) is 7.11 Å². The van der Waals surface area contributed by atoms with Gasteiger partial charge in [0, 0.05) is 6.04 Å². The third kappa shape index (κ3) is 5.42. The zero-order valence-corrected chi connectivity index (χ0v) is 13.4. The smallest absolute Gasteiger partial charge is 0.137 e.